The SMILES string of the molecule is Cc1cc(/N=C2\NC3(CCCC3)CS2)ccc1[N+](=O)[O-]. The fourth-order valence-electron chi connectivity index (χ4n) is 2.92. The van der Waals surface area contributed by atoms with Crippen molar-refractivity contribution in [2.24, 2.45) is 4.99 Å². The average Bonchev–Trinajstić information content (AvgIpc) is 3.00. The van der Waals surface area contributed by atoms with Gasteiger partial charge >= 0.3 is 0 Å². The zero-order valence-electron chi connectivity index (χ0n) is 11.4. The Hall–Kier alpha value is -1.56. The third-order valence-electron chi connectivity index (χ3n) is 4.03. The van der Waals surface area contributed by atoms with Gasteiger partial charge in [-0.3, -0.25) is 10.1 Å². The smallest absolute Gasteiger partial charge is 0.272 e. The second kappa shape index (κ2) is 5.09. The molecule has 1 N–H and O–H groups in total. The fraction of sp³-hybridized carbons (Fsp3) is 0.500. The van der Waals surface area contributed by atoms with Crippen LogP contribution in [0.3, 0.4) is 0 Å². The van der Waals surface area contributed by atoms with Gasteiger partial charge in [-0.25, -0.2) is 4.99 Å². The van der Waals surface area contributed by atoms with Crippen molar-refractivity contribution in [3.63, 3.8) is 0 Å². The highest BCUT2D eigenvalue weighted by atomic mass is 32.2. The van der Waals surface area contributed by atoms with Crippen molar-refractivity contribution in [2.75, 3.05) is 5.75 Å². The molecule has 0 radical (unpaired) electrons. The number of aliphatic imine (C=N–C) groups is 1. The van der Waals surface area contributed by atoms with E-state index in [2.05, 4.69) is 10.3 Å². The Morgan fingerprint density at radius 3 is 2.80 bits per heavy atom. The number of thioether (sulfide) groups is 1. The predicted molar refractivity (Wildman–Crippen MR) is 81.7 cm³/mol. The highest BCUT2D eigenvalue weighted by Crippen LogP contribution is 2.38. The van der Waals surface area contributed by atoms with Gasteiger partial charge in [0.15, 0.2) is 5.17 Å². The van der Waals surface area contributed by atoms with E-state index in [1.807, 2.05) is 0 Å². The largest absolute Gasteiger partial charge is 0.358 e. The van der Waals surface area contributed by atoms with Crippen LogP contribution in [0.15, 0.2) is 23.2 Å². The number of hydrogen-bond donors (Lipinski definition) is 1. The Labute approximate surface area is 122 Å². The summed E-state index contributed by atoms with van der Waals surface area (Å²) in [5.74, 6) is 1.08. The van der Waals surface area contributed by atoms with Crippen LogP contribution in [0.1, 0.15) is 31.2 Å². The number of nitro benzene ring substituents is 1. The summed E-state index contributed by atoms with van der Waals surface area (Å²) in [6.45, 7) is 1.75. The molecule has 1 saturated heterocycles. The Bertz CT molecular complexity index is 580. The number of nitrogens with zero attached hydrogens (tertiary/aromatic N) is 2. The van der Waals surface area contributed by atoms with E-state index in [0.717, 1.165) is 16.6 Å². The molecular weight excluding hydrogens is 274 g/mol. The van der Waals surface area contributed by atoms with Crippen molar-refractivity contribution in [1.82, 2.24) is 5.32 Å². The molecule has 1 spiro atoms. The lowest BCUT2D eigenvalue weighted by molar-refractivity contribution is -0.385. The van der Waals surface area contributed by atoms with Crippen LogP contribution < -0.4 is 5.32 Å². The molecule has 0 bridgehead atoms. The first kappa shape index (κ1) is 13.4. The molecule has 1 aromatic rings. The van der Waals surface area contributed by atoms with Crippen LogP contribution in [0.2, 0.25) is 0 Å². The Morgan fingerprint density at radius 2 is 2.15 bits per heavy atom. The minimum Gasteiger partial charge on any atom is -0.358 e. The second-order valence-corrected chi connectivity index (χ2v) is 6.51. The number of nitrogens with one attached hydrogen (secondary N) is 1. The molecule has 0 aromatic heterocycles. The van der Waals surface area contributed by atoms with Crippen LogP contribution >= 0.6 is 11.8 Å². The summed E-state index contributed by atoms with van der Waals surface area (Å²) in [5.41, 5.74) is 1.82. The van der Waals surface area contributed by atoms with Gasteiger partial charge in [0.1, 0.15) is 0 Å². The summed E-state index contributed by atoms with van der Waals surface area (Å²) in [5, 5.41) is 15.3. The first-order valence-corrected chi connectivity index (χ1v) is 7.81. The maximum absolute atomic E-state index is 10.8. The zero-order valence-corrected chi connectivity index (χ0v) is 12.2. The molecule has 20 heavy (non-hydrogen) atoms. The lowest BCUT2D eigenvalue weighted by Gasteiger charge is -2.21. The topological polar surface area (TPSA) is 67.5 Å². The highest BCUT2D eigenvalue weighted by Gasteiger charge is 2.39. The molecule has 6 heteroatoms. The number of rotatable bonds is 2. The first-order valence-electron chi connectivity index (χ1n) is 6.83. The van der Waals surface area contributed by atoms with Crippen molar-refractivity contribution in [3.8, 4) is 0 Å². The van der Waals surface area contributed by atoms with Gasteiger partial charge in [-0.2, -0.15) is 0 Å². The molecule has 3 rings (SSSR count). The molecule has 5 nitrogen and oxygen atoms in total. The maximum atomic E-state index is 10.8. The zero-order chi connectivity index (χ0) is 14.2. The van der Waals surface area contributed by atoms with Gasteiger partial charge in [-0.05, 0) is 31.9 Å². The van der Waals surface area contributed by atoms with Gasteiger partial charge in [0.05, 0.1) is 10.6 Å². The molecule has 1 heterocycles. The average molecular weight is 291 g/mol. The number of aryl methyl sites for hydroxylation is 1. The van der Waals surface area contributed by atoms with E-state index in [1.54, 1.807) is 30.8 Å². The third kappa shape index (κ3) is 2.52. The van der Waals surface area contributed by atoms with Crippen molar-refractivity contribution < 1.29 is 4.92 Å². The summed E-state index contributed by atoms with van der Waals surface area (Å²) in [7, 11) is 0. The van der Waals surface area contributed by atoms with Gasteiger partial charge in [-0.1, -0.05) is 24.6 Å². The molecule has 0 unspecified atom stereocenters. The minimum absolute atomic E-state index is 0.147. The van der Waals surface area contributed by atoms with Crippen LogP contribution in [0.25, 0.3) is 0 Å². The van der Waals surface area contributed by atoms with E-state index < -0.39 is 0 Å². The number of amidine groups is 1. The van der Waals surface area contributed by atoms with Gasteiger partial charge in [0.2, 0.25) is 0 Å². The van der Waals surface area contributed by atoms with E-state index in [4.69, 9.17) is 0 Å². The van der Waals surface area contributed by atoms with E-state index in [1.165, 1.54) is 31.7 Å². The van der Waals surface area contributed by atoms with Gasteiger partial charge in [0, 0.05) is 22.9 Å². The van der Waals surface area contributed by atoms with Crippen molar-refractivity contribution in [2.45, 2.75) is 38.1 Å². The van der Waals surface area contributed by atoms with Crippen molar-refractivity contribution in [3.05, 3.63) is 33.9 Å². The molecular formula is C14H17N3O2S. The van der Waals surface area contributed by atoms with Crippen LogP contribution in [-0.4, -0.2) is 21.4 Å². The summed E-state index contributed by atoms with van der Waals surface area (Å²) < 4.78 is 0. The van der Waals surface area contributed by atoms with Crippen LogP contribution in [0.4, 0.5) is 11.4 Å². The van der Waals surface area contributed by atoms with Gasteiger partial charge in [0.25, 0.3) is 5.69 Å². The molecule has 0 atom stereocenters. The van der Waals surface area contributed by atoms with Crippen molar-refractivity contribution >= 4 is 28.3 Å². The van der Waals surface area contributed by atoms with E-state index in [0.29, 0.717) is 5.56 Å². The Balaban J connectivity index is 1.79. The van der Waals surface area contributed by atoms with E-state index in [9.17, 15) is 10.1 Å². The second-order valence-electron chi connectivity index (χ2n) is 5.55. The van der Waals surface area contributed by atoms with Crippen LogP contribution in [0.5, 0.6) is 0 Å². The van der Waals surface area contributed by atoms with Crippen molar-refractivity contribution in [1.29, 1.82) is 0 Å². The monoisotopic (exact) mass is 291 g/mol. The number of nitro groups is 1. The molecule has 1 aliphatic carbocycles. The first-order chi connectivity index (χ1) is 9.58. The van der Waals surface area contributed by atoms with Gasteiger partial charge < -0.3 is 5.32 Å². The van der Waals surface area contributed by atoms with Gasteiger partial charge in [-0.15, -0.1) is 0 Å². The molecule has 2 aliphatic rings. The molecule has 0 amide bonds. The third-order valence-corrected chi connectivity index (χ3v) is 5.19. The van der Waals surface area contributed by atoms with E-state index >= 15 is 0 Å². The van der Waals surface area contributed by atoms with E-state index in [-0.39, 0.29) is 16.1 Å². The standard InChI is InChI=1S/C14H17N3O2S/c1-10-8-11(4-5-12(10)17(18)19)15-13-16-14(9-20-13)6-2-3-7-14/h4-5,8H,2-3,6-7,9H2,1H3,(H,15,16). The summed E-state index contributed by atoms with van der Waals surface area (Å²) >= 11 is 1.75. The maximum Gasteiger partial charge on any atom is 0.272 e. The minimum atomic E-state index is -0.359. The normalized spacial score (nSPS) is 22.4. The quantitative estimate of drug-likeness (QED) is 0.668. The summed E-state index contributed by atoms with van der Waals surface area (Å²) in [6.07, 6.45) is 5.02. The lowest BCUT2D eigenvalue weighted by atomic mass is 10.0. The molecule has 2 fully saturated rings. The Morgan fingerprint density at radius 1 is 1.40 bits per heavy atom. The predicted octanol–water partition coefficient (Wildman–Crippen LogP) is 3.54. The molecule has 1 saturated carbocycles. The number of benzene rings is 1. The van der Waals surface area contributed by atoms with Crippen LogP contribution in [-0.2, 0) is 0 Å². The molecule has 1 aliphatic heterocycles. The lowest BCUT2D eigenvalue weighted by Crippen LogP contribution is -2.40. The summed E-state index contributed by atoms with van der Waals surface area (Å²) in [6, 6.07) is 5.01. The van der Waals surface area contributed by atoms with Crippen LogP contribution in [0, 0.1) is 17.0 Å². The highest BCUT2D eigenvalue weighted by molar-refractivity contribution is 8.14. The Kier molecular flexibility index (Phi) is 3.41. The summed E-state index contributed by atoms with van der Waals surface area (Å²) in [4.78, 5) is 15.0. The number of hydrogen-bond acceptors (Lipinski definition) is 4. The molecule has 1 aromatic carbocycles. The molecule has 106 valence electrons. The fourth-order valence-corrected chi connectivity index (χ4v) is 4.15.